The minimum absolute atomic E-state index is 0.0875. The Balaban J connectivity index is 1.19. The van der Waals surface area contributed by atoms with E-state index < -0.39 is 0 Å². The molecule has 0 saturated carbocycles. The average molecular weight is 429 g/mol. The van der Waals surface area contributed by atoms with Gasteiger partial charge in [-0.2, -0.15) is 0 Å². The van der Waals surface area contributed by atoms with Crippen molar-refractivity contribution in [1.82, 2.24) is 19.9 Å². The zero-order valence-corrected chi connectivity index (χ0v) is 18.2. The van der Waals surface area contributed by atoms with E-state index in [1.807, 2.05) is 24.4 Å². The topological polar surface area (TPSA) is 92.4 Å². The molecule has 3 aliphatic rings. The van der Waals surface area contributed by atoms with Crippen LogP contribution in [0.2, 0.25) is 0 Å². The lowest BCUT2D eigenvalue weighted by atomic mass is 9.80. The number of pyridine rings is 1. The number of nitrogens with zero attached hydrogens (tertiary/aromatic N) is 4. The van der Waals surface area contributed by atoms with Crippen molar-refractivity contribution in [3.8, 4) is 0 Å². The van der Waals surface area contributed by atoms with Gasteiger partial charge in [0, 0.05) is 53.5 Å². The second-order valence-corrected chi connectivity index (χ2v) is 9.19. The van der Waals surface area contributed by atoms with E-state index in [2.05, 4.69) is 33.1 Å². The van der Waals surface area contributed by atoms with Crippen molar-refractivity contribution in [2.45, 2.75) is 32.4 Å². The molecule has 3 aromatic rings. The number of rotatable bonds is 4. The lowest BCUT2D eigenvalue weighted by Gasteiger charge is -2.25. The number of ether oxygens (including phenoxy) is 1. The molecule has 1 fully saturated rings. The Kier molecular flexibility index (Phi) is 4.81. The number of H-pyrrole nitrogens is 1. The van der Waals surface area contributed by atoms with Crippen molar-refractivity contribution in [2.75, 3.05) is 26.2 Å². The van der Waals surface area contributed by atoms with Crippen molar-refractivity contribution in [3.63, 3.8) is 0 Å². The van der Waals surface area contributed by atoms with Crippen LogP contribution in [-0.2, 0) is 24.3 Å². The van der Waals surface area contributed by atoms with Crippen molar-refractivity contribution < 1.29 is 4.74 Å². The van der Waals surface area contributed by atoms with Gasteiger partial charge >= 0.3 is 0 Å². The van der Waals surface area contributed by atoms with Gasteiger partial charge in [0.1, 0.15) is 5.82 Å². The van der Waals surface area contributed by atoms with Gasteiger partial charge in [0.05, 0.1) is 36.7 Å². The SMILES string of the molecule is NC(=CC1=NCCC12CCN(Cc1nc3c([nH]1)COCC3)C2)c1cnc2ccccc2c1. The molecule has 3 aliphatic heterocycles. The predicted molar refractivity (Wildman–Crippen MR) is 125 cm³/mol. The van der Waals surface area contributed by atoms with E-state index in [9.17, 15) is 0 Å². The van der Waals surface area contributed by atoms with Gasteiger partial charge < -0.3 is 15.5 Å². The average Bonchev–Trinajstić information content (AvgIpc) is 3.52. The highest BCUT2D eigenvalue weighted by atomic mass is 16.5. The van der Waals surface area contributed by atoms with Gasteiger partial charge in [0.15, 0.2) is 0 Å². The number of likely N-dealkylation sites (tertiary alicyclic amines) is 1. The summed E-state index contributed by atoms with van der Waals surface area (Å²) in [4.78, 5) is 20.2. The van der Waals surface area contributed by atoms with Crippen LogP contribution in [0.5, 0.6) is 0 Å². The summed E-state index contributed by atoms with van der Waals surface area (Å²) in [5.74, 6) is 1.05. The number of hydrogen-bond acceptors (Lipinski definition) is 6. The molecular weight excluding hydrogens is 400 g/mol. The van der Waals surface area contributed by atoms with Crippen LogP contribution in [0, 0.1) is 5.41 Å². The third-order valence-electron chi connectivity index (χ3n) is 7.08. The highest BCUT2D eigenvalue weighted by Crippen LogP contribution is 2.40. The van der Waals surface area contributed by atoms with E-state index >= 15 is 0 Å². The van der Waals surface area contributed by atoms with Gasteiger partial charge in [-0.25, -0.2) is 4.98 Å². The Morgan fingerprint density at radius 3 is 3.16 bits per heavy atom. The molecule has 0 aliphatic carbocycles. The maximum Gasteiger partial charge on any atom is 0.120 e. The van der Waals surface area contributed by atoms with E-state index in [4.69, 9.17) is 20.4 Å². The third kappa shape index (κ3) is 3.51. The molecule has 32 heavy (non-hydrogen) atoms. The number of hydrogen-bond donors (Lipinski definition) is 2. The molecule has 3 N–H and O–H groups in total. The van der Waals surface area contributed by atoms with Crippen LogP contribution < -0.4 is 5.73 Å². The molecule has 1 aromatic carbocycles. The zero-order chi connectivity index (χ0) is 21.5. The van der Waals surface area contributed by atoms with Crippen LogP contribution in [-0.4, -0.2) is 51.8 Å². The van der Waals surface area contributed by atoms with Crippen molar-refractivity contribution in [1.29, 1.82) is 0 Å². The fourth-order valence-electron chi connectivity index (χ4n) is 5.31. The molecule has 164 valence electrons. The predicted octanol–water partition coefficient (Wildman–Crippen LogP) is 3.07. The Hall–Kier alpha value is -3.03. The fourth-order valence-corrected chi connectivity index (χ4v) is 5.31. The first-order valence-corrected chi connectivity index (χ1v) is 11.4. The molecular formula is C25H28N6O. The van der Waals surface area contributed by atoms with Crippen LogP contribution in [0.25, 0.3) is 16.6 Å². The summed E-state index contributed by atoms with van der Waals surface area (Å²) in [6.07, 6.45) is 7.04. The summed E-state index contributed by atoms with van der Waals surface area (Å²) in [7, 11) is 0. The fraction of sp³-hybridized carbons (Fsp3) is 0.400. The summed E-state index contributed by atoms with van der Waals surface area (Å²) in [5, 5.41) is 1.10. The maximum atomic E-state index is 6.53. The summed E-state index contributed by atoms with van der Waals surface area (Å²) in [6.45, 7) is 5.17. The first-order chi connectivity index (χ1) is 15.7. The van der Waals surface area contributed by atoms with E-state index in [1.54, 1.807) is 0 Å². The number of para-hydroxylation sites is 1. The number of benzene rings is 1. The molecule has 1 spiro atoms. The number of allylic oxidation sites excluding steroid dienone is 1. The minimum atomic E-state index is 0.0875. The van der Waals surface area contributed by atoms with Gasteiger partial charge in [-0.3, -0.25) is 14.9 Å². The molecule has 0 amide bonds. The van der Waals surface area contributed by atoms with Crippen molar-refractivity contribution in [3.05, 3.63) is 65.4 Å². The summed E-state index contributed by atoms with van der Waals surface area (Å²) in [6, 6.07) is 10.2. The highest BCUT2D eigenvalue weighted by Gasteiger charge is 2.44. The Bertz CT molecular complexity index is 1200. The molecule has 5 heterocycles. The lowest BCUT2D eigenvalue weighted by Crippen LogP contribution is -2.31. The van der Waals surface area contributed by atoms with Crippen molar-refractivity contribution >= 4 is 22.3 Å². The largest absolute Gasteiger partial charge is 0.398 e. The molecule has 1 saturated heterocycles. The monoisotopic (exact) mass is 428 g/mol. The number of nitrogens with one attached hydrogen (secondary N) is 1. The molecule has 7 heteroatoms. The second kappa shape index (κ2) is 7.83. The molecule has 0 bridgehead atoms. The van der Waals surface area contributed by atoms with Crippen LogP contribution in [0.15, 0.2) is 47.6 Å². The Morgan fingerprint density at radius 1 is 1.28 bits per heavy atom. The third-order valence-corrected chi connectivity index (χ3v) is 7.08. The first-order valence-electron chi connectivity index (χ1n) is 11.4. The van der Waals surface area contributed by atoms with Gasteiger partial charge in [-0.15, -0.1) is 0 Å². The van der Waals surface area contributed by atoms with E-state index in [0.717, 1.165) is 91.4 Å². The Morgan fingerprint density at radius 2 is 2.22 bits per heavy atom. The zero-order valence-electron chi connectivity index (χ0n) is 18.2. The van der Waals surface area contributed by atoms with Crippen LogP contribution in [0.1, 0.15) is 35.6 Å². The van der Waals surface area contributed by atoms with Crippen molar-refractivity contribution in [2.24, 2.45) is 16.1 Å². The quantitative estimate of drug-likeness (QED) is 0.666. The Labute approximate surface area is 187 Å². The molecule has 6 rings (SSSR count). The lowest BCUT2D eigenvalue weighted by molar-refractivity contribution is 0.107. The van der Waals surface area contributed by atoms with E-state index in [-0.39, 0.29) is 5.41 Å². The molecule has 7 nitrogen and oxygen atoms in total. The van der Waals surface area contributed by atoms with Gasteiger partial charge in [0.2, 0.25) is 0 Å². The number of fused-ring (bicyclic) bond motifs is 2. The molecule has 2 aromatic heterocycles. The number of aromatic nitrogens is 3. The number of aliphatic imine (C=N–C) groups is 1. The highest BCUT2D eigenvalue weighted by molar-refractivity contribution is 6.06. The minimum Gasteiger partial charge on any atom is -0.398 e. The molecule has 0 radical (unpaired) electrons. The van der Waals surface area contributed by atoms with Gasteiger partial charge in [0.25, 0.3) is 0 Å². The number of imidazole rings is 1. The van der Waals surface area contributed by atoms with Crippen LogP contribution in [0.4, 0.5) is 0 Å². The van der Waals surface area contributed by atoms with Crippen LogP contribution >= 0.6 is 0 Å². The standard InChI is InChI=1S/C25H28N6O/c26-19(18-11-17-3-1-2-4-20(17)28-13-18)12-23-25(6-8-27-23)7-9-31(16-25)14-24-29-21-5-10-32-15-22(21)30-24/h1-4,11-13H,5-10,14-16,26H2,(H,29,30). The van der Waals surface area contributed by atoms with E-state index in [0.29, 0.717) is 6.61 Å². The molecule has 1 unspecified atom stereocenters. The van der Waals surface area contributed by atoms with Crippen LogP contribution in [0.3, 0.4) is 0 Å². The summed E-state index contributed by atoms with van der Waals surface area (Å²) < 4.78 is 5.54. The van der Waals surface area contributed by atoms with E-state index in [1.165, 1.54) is 5.69 Å². The first kappa shape index (κ1) is 19.6. The normalized spacial score (nSPS) is 23.8. The summed E-state index contributed by atoms with van der Waals surface area (Å²) in [5.41, 5.74) is 12.7. The summed E-state index contributed by atoms with van der Waals surface area (Å²) >= 11 is 0. The smallest absolute Gasteiger partial charge is 0.120 e. The van der Waals surface area contributed by atoms with Gasteiger partial charge in [-0.1, -0.05) is 18.2 Å². The maximum absolute atomic E-state index is 6.53. The molecule has 1 atom stereocenters. The number of nitrogens with two attached hydrogens (primary N) is 1. The van der Waals surface area contributed by atoms with Gasteiger partial charge in [-0.05, 0) is 37.6 Å². The second-order valence-electron chi connectivity index (χ2n) is 9.19. The number of aromatic amines is 1.